The molecular weight excluding hydrogens is 364 g/mol. The molecule has 0 radical (unpaired) electrons. The van der Waals surface area contributed by atoms with E-state index in [0.29, 0.717) is 42.3 Å². The maximum atomic E-state index is 11.5. The standard InChI is InChI=1S/C24H34N2O3/c1-5-7-10-13-21(26(3)4)17-16-20(19-27)23-18-25-24(29-23)15-12-9-8-11-14-22(28)6-2/h5,7,10,13,16,18-19H,1,6,8-9,11-12,14-15,17H2,2-4H3/b10-7-,20-16+,21-13+. The molecule has 0 atom stereocenters. The van der Waals surface area contributed by atoms with Crippen LogP contribution in [0.5, 0.6) is 0 Å². The number of carbonyl (C=O) groups is 2. The number of Topliss-reactive ketones (excluding diaryl/α,β-unsaturated/α-hetero) is 1. The lowest BCUT2D eigenvalue weighted by Crippen LogP contribution is -2.10. The third kappa shape index (κ3) is 9.88. The minimum Gasteiger partial charge on any atom is -0.441 e. The first-order valence-corrected chi connectivity index (χ1v) is 10.3. The summed E-state index contributed by atoms with van der Waals surface area (Å²) in [5.74, 6) is 1.48. The molecule has 29 heavy (non-hydrogen) atoms. The van der Waals surface area contributed by atoms with Gasteiger partial charge in [0.25, 0.3) is 0 Å². The van der Waals surface area contributed by atoms with Crippen molar-refractivity contribution < 1.29 is 14.0 Å². The Labute approximate surface area is 174 Å². The van der Waals surface area contributed by atoms with Gasteiger partial charge in [0.15, 0.2) is 17.9 Å². The van der Waals surface area contributed by atoms with Gasteiger partial charge >= 0.3 is 0 Å². The van der Waals surface area contributed by atoms with Crippen LogP contribution in [0.25, 0.3) is 5.57 Å². The third-order valence-electron chi connectivity index (χ3n) is 4.60. The molecule has 0 saturated carbocycles. The summed E-state index contributed by atoms with van der Waals surface area (Å²) in [7, 11) is 3.93. The van der Waals surface area contributed by atoms with Crippen LogP contribution < -0.4 is 0 Å². The lowest BCUT2D eigenvalue weighted by molar-refractivity contribution is -0.118. The second-order valence-electron chi connectivity index (χ2n) is 7.08. The molecule has 0 aromatic carbocycles. The van der Waals surface area contributed by atoms with Gasteiger partial charge < -0.3 is 9.32 Å². The van der Waals surface area contributed by atoms with Crippen molar-refractivity contribution in [2.45, 2.75) is 58.3 Å². The predicted molar refractivity (Wildman–Crippen MR) is 118 cm³/mol. The van der Waals surface area contributed by atoms with E-state index in [1.54, 1.807) is 12.3 Å². The lowest BCUT2D eigenvalue weighted by Gasteiger charge is -2.15. The topological polar surface area (TPSA) is 63.4 Å². The number of carbonyl (C=O) groups excluding carboxylic acids is 2. The summed E-state index contributed by atoms with van der Waals surface area (Å²) >= 11 is 0. The molecule has 1 aromatic heterocycles. The van der Waals surface area contributed by atoms with Crippen LogP contribution >= 0.6 is 0 Å². The molecule has 158 valence electrons. The molecule has 0 spiro atoms. The van der Waals surface area contributed by atoms with Crippen LogP contribution in [0.15, 0.2) is 53.3 Å². The summed E-state index contributed by atoms with van der Waals surface area (Å²) in [6.45, 7) is 5.56. The summed E-state index contributed by atoms with van der Waals surface area (Å²) < 4.78 is 5.77. The molecular formula is C24H34N2O3. The number of allylic oxidation sites excluding steroid dienone is 6. The average molecular weight is 399 g/mol. The van der Waals surface area contributed by atoms with Crippen molar-refractivity contribution in [2.24, 2.45) is 0 Å². The number of rotatable bonds is 15. The first-order chi connectivity index (χ1) is 14.0. The Bertz CT molecular complexity index is 739. The van der Waals surface area contributed by atoms with Crippen LogP contribution in [0.4, 0.5) is 0 Å². The Morgan fingerprint density at radius 2 is 1.97 bits per heavy atom. The van der Waals surface area contributed by atoms with E-state index in [1.165, 1.54) is 0 Å². The van der Waals surface area contributed by atoms with Gasteiger partial charge in [0.1, 0.15) is 5.78 Å². The summed E-state index contributed by atoms with van der Waals surface area (Å²) in [4.78, 5) is 29.1. The molecule has 0 aliphatic carbocycles. The fourth-order valence-corrected chi connectivity index (χ4v) is 2.75. The molecule has 0 aliphatic rings. The minimum atomic E-state index is 0.333. The number of aryl methyl sites for hydroxylation is 1. The number of ketones is 1. The first kappa shape index (κ1) is 24.3. The van der Waals surface area contributed by atoms with Crippen LogP contribution in [0.1, 0.15) is 63.5 Å². The van der Waals surface area contributed by atoms with E-state index in [-0.39, 0.29) is 0 Å². The van der Waals surface area contributed by atoms with E-state index in [0.717, 1.165) is 44.1 Å². The Kier molecular flexibility index (Phi) is 12.0. The van der Waals surface area contributed by atoms with Crippen LogP contribution in [0, 0.1) is 0 Å². The van der Waals surface area contributed by atoms with Crippen LogP contribution in [0.2, 0.25) is 0 Å². The minimum absolute atomic E-state index is 0.333. The summed E-state index contributed by atoms with van der Waals surface area (Å²) in [6, 6.07) is 0. The van der Waals surface area contributed by atoms with Gasteiger partial charge in [-0.2, -0.15) is 0 Å². The predicted octanol–water partition coefficient (Wildman–Crippen LogP) is 5.31. The largest absolute Gasteiger partial charge is 0.441 e. The molecule has 1 aromatic rings. The second kappa shape index (κ2) is 14.3. The highest BCUT2D eigenvalue weighted by Gasteiger charge is 2.09. The maximum absolute atomic E-state index is 11.5. The number of nitrogens with zero attached hydrogens (tertiary/aromatic N) is 2. The van der Waals surface area contributed by atoms with E-state index in [9.17, 15) is 9.59 Å². The van der Waals surface area contributed by atoms with E-state index in [2.05, 4.69) is 11.6 Å². The SMILES string of the molecule is C=C/C=C\C=C(/C/C=C(\C=O)c1cnc(CCCCCCC(=O)CC)o1)N(C)C. The van der Waals surface area contributed by atoms with Crippen molar-refractivity contribution in [3.8, 4) is 0 Å². The first-order valence-electron chi connectivity index (χ1n) is 10.3. The molecule has 5 nitrogen and oxygen atoms in total. The fraction of sp³-hybridized carbons (Fsp3) is 0.458. The van der Waals surface area contributed by atoms with Gasteiger partial charge in [-0.3, -0.25) is 9.59 Å². The number of hydrogen-bond donors (Lipinski definition) is 0. The average Bonchev–Trinajstić information content (AvgIpc) is 3.18. The maximum Gasteiger partial charge on any atom is 0.194 e. The van der Waals surface area contributed by atoms with E-state index in [4.69, 9.17) is 4.42 Å². The molecule has 1 heterocycles. The molecule has 0 unspecified atom stereocenters. The van der Waals surface area contributed by atoms with Gasteiger partial charge in [0.2, 0.25) is 0 Å². The zero-order valence-electron chi connectivity index (χ0n) is 18.0. The molecule has 1 rings (SSSR count). The molecule has 0 bridgehead atoms. The number of oxazole rings is 1. The van der Waals surface area contributed by atoms with Crippen molar-refractivity contribution in [1.82, 2.24) is 9.88 Å². The van der Waals surface area contributed by atoms with Crippen molar-refractivity contribution in [3.63, 3.8) is 0 Å². The molecule has 0 aliphatic heterocycles. The number of hydrogen-bond acceptors (Lipinski definition) is 5. The Morgan fingerprint density at radius 1 is 1.21 bits per heavy atom. The smallest absolute Gasteiger partial charge is 0.194 e. The van der Waals surface area contributed by atoms with Crippen molar-refractivity contribution in [2.75, 3.05) is 14.1 Å². The summed E-state index contributed by atoms with van der Waals surface area (Å²) in [6.07, 6.45) is 18.4. The summed E-state index contributed by atoms with van der Waals surface area (Å²) in [5, 5.41) is 0. The number of unbranched alkanes of at least 4 members (excludes halogenated alkanes) is 3. The van der Waals surface area contributed by atoms with Gasteiger partial charge in [0.05, 0.1) is 11.8 Å². The monoisotopic (exact) mass is 398 g/mol. The highest BCUT2D eigenvalue weighted by molar-refractivity contribution is 6.05. The van der Waals surface area contributed by atoms with E-state index >= 15 is 0 Å². The van der Waals surface area contributed by atoms with Crippen molar-refractivity contribution >= 4 is 17.6 Å². The Morgan fingerprint density at radius 3 is 2.62 bits per heavy atom. The van der Waals surface area contributed by atoms with E-state index < -0.39 is 0 Å². The normalized spacial score (nSPS) is 12.4. The summed E-state index contributed by atoms with van der Waals surface area (Å²) in [5.41, 5.74) is 1.56. The quantitative estimate of drug-likeness (QED) is 0.173. The highest BCUT2D eigenvalue weighted by Crippen LogP contribution is 2.18. The Balaban J connectivity index is 2.58. The highest BCUT2D eigenvalue weighted by atomic mass is 16.4. The third-order valence-corrected chi connectivity index (χ3v) is 4.60. The van der Waals surface area contributed by atoms with Gasteiger partial charge in [-0.05, 0) is 18.9 Å². The molecule has 0 saturated heterocycles. The molecule has 5 heteroatoms. The van der Waals surface area contributed by atoms with E-state index in [1.807, 2.05) is 50.2 Å². The fourth-order valence-electron chi connectivity index (χ4n) is 2.75. The van der Waals surface area contributed by atoms with Crippen molar-refractivity contribution in [1.29, 1.82) is 0 Å². The van der Waals surface area contributed by atoms with Gasteiger partial charge in [-0.1, -0.05) is 50.6 Å². The van der Waals surface area contributed by atoms with Crippen molar-refractivity contribution in [3.05, 3.63) is 60.5 Å². The number of aldehydes is 1. The van der Waals surface area contributed by atoms with Gasteiger partial charge in [-0.25, -0.2) is 4.98 Å². The molecule has 0 amide bonds. The van der Waals surface area contributed by atoms with Crippen LogP contribution in [-0.2, 0) is 16.0 Å². The zero-order chi connectivity index (χ0) is 21.5. The zero-order valence-corrected chi connectivity index (χ0v) is 18.0. The van der Waals surface area contributed by atoms with Gasteiger partial charge in [-0.15, -0.1) is 0 Å². The van der Waals surface area contributed by atoms with Crippen LogP contribution in [-0.4, -0.2) is 36.0 Å². The Hall–Kier alpha value is -2.69. The van der Waals surface area contributed by atoms with Crippen LogP contribution in [0.3, 0.4) is 0 Å². The molecule has 0 N–H and O–H groups in total. The van der Waals surface area contributed by atoms with Gasteiger partial charge in [0, 0.05) is 45.5 Å². The second-order valence-corrected chi connectivity index (χ2v) is 7.08. The molecule has 0 fully saturated rings. The lowest BCUT2D eigenvalue weighted by atomic mass is 10.1. The number of aromatic nitrogens is 1.